The van der Waals surface area contributed by atoms with Crippen molar-refractivity contribution >= 4 is 0 Å². The molecule has 1 heterocycles. The Kier molecular flexibility index (Phi) is 5.50. The van der Waals surface area contributed by atoms with E-state index < -0.39 is 6.23 Å². The maximum atomic E-state index is 10.3. The Labute approximate surface area is 171 Å². The van der Waals surface area contributed by atoms with Gasteiger partial charge in [0, 0.05) is 12.7 Å². The lowest BCUT2D eigenvalue weighted by Crippen LogP contribution is -2.33. The Morgan fingerprint density at radius 1 is 0.862 bits per heavy atom. The molecule has 0 spiro atoms. The first-order valence-corrected chi connectivity index (χ1v) is 9.95. The Bertz CT molecular complexity index is 1040. The second-order valence-electron chi connectivity index (χ2n) is 7.19. The van der Waals surface area contributed by atoms with Gasteiger partial charge in [0.1, 0.15) is 5.76 Å². The van der Waals surface area contributed by atoms with Crippen molar-refractivity contribution in [3.63, 3.8) is 0 Å². The largest absolute Gasteiger partial charge is 0.508 e. The van der Waals surface area contributed by atoms with Gasteiger partial charge in [-0.1, -0.05) is 79.7 Å². The summed E-state index contributed by atoms with van der Waals surface area (Å²) in [6, 6.07) is 25.2. The molecule has 3 nitrogen and oxygen atoms in total. The summed E-state index contributed by atoms with van der Waals surface area (Å²) in [5.41, 5.74) is 7.20. The van der Waals surface area contributed by atoms with Gasteiger partial charge in [-0.15, -0.1) is 0 Å². The van der Waals surface area contributed by atoms with Crippen LogP contribution in [0, 0.1) is 0 Å². The van der Waals surface area contributed by atoms with Crippen LogP contribution < -0.4 is 0 Å². The van der Waals surface area contributed by atoms with Crippen LogP contribution in [-0.4, -0.2) is 21.3 Å². The molecule has 0 amide bonds. The molecule has 4 rings (SSSR count). The fourth-order valence-corrected chi connectivity index (χ4v) is 3.96. The molecule has 1 unspecified atom stereocenters. The molecule has 0 aromatic heterocycles. The molecule has 3 heteroatoms. The van der Waals surface area contributed by atoms with Crippen molar-refractivity contribution < 1.29 is 10.2 Å². The molecule has 1 aliphatic rings. The molecule has 0 aliphatic carbocycles. The molecule has 3 aromatic rings. The summed E-state index contributed by atoms with van der Waals surface area (Å²) >= 11 is 0. The van der Waals surface area contributed by atoms with Crippen molar-refractivity contribution in [3.8, 4) is 22.3 Å². The fourth-order valence-electron chi connectivity index (χ4n) is 3.96. The monoisotopic (exact) mass is 383 g/mol. The third kappa shape index (κ3) is 3.82. The maximum Gasteiger partial charge on any atom is 0.185 e. The smallest absolute Gasteiger partial charge is 0.185 e. The van der Waals surface area contributed by atoms with Crippen LogP contribution in [0.5, 0.6) is 0 Å². The molecular weight excluding hydrogens is 358 g/mol. The third-order valence-electron chi connectivity index (χ3n) is 5.39. The molecule has 0 bridgehead atoms. The third-order valence-corrected chi connectivity index (χ3v) is 5.39. The SMILES string of the molecule is CCc1c(CN2C=CC=C(O)C2O)ccc(-c2ccccc2)c1-c1ccccc1. The Morgan fingerprint density at radius 2 is 1.52 bits per heavy atom. The summed E-state index contributed by atoms with van der Waals surface area (Å²) < 4.78 is 0. The zero-order valence-corrected chi connectivity index (χ0v) is 16.5. The first-order chi connectivity index (χ1) is 14.2. The van der Waals surface area contributed by atoms with Gasteiger partial charge in [0.2, 0.25) is 0 Å². The normalized spacial score (nSPS) is 16.0. The lowest BCUT2D eigenvalue weighted by Gasteiger charge is -2.30. The van der Waals surface area contributed by atoms with E-state index in [4.69, 9.17) is 0 Å². The highest BCUT2D eigenvalue weighted by Crippen LogP contribution is 2.37. The number of nitrogens with zero attached hydrogens (tertiary/aromatic N) is 1. The van der Waals surface area contributed by atoms with Crippen molar-refractivity contribution in [1.29, 1.82) is 0 Å². The van der Waals surface area contributed by atoms with E-state index in [1.807, 2.05) is 18.3 Å². The van der Waals surface area contributed by atoms with Gasteiger partial charge in [-0.3, -0.25) is 0 Å². The Morgan fingerprint density at radius 3 is 2.17 bits per heavy atom. The molecule has 1 atom stereocenters. The van der Waals surface area contributed by atoms with Crippen LogP contribution in [-0.2, 0) is 13.0 Å². The second-order valence-corrected chi connectivity index (χ2v) is 7.19. The molecule has 3 aromatic carbocycles. The van der Waals surface area contributed by atoms with E-state index in [0.717, 1.165) is 12.0 Å². The first-order valence-electron chi connectivity index (χ1n) is 9.95. The maximum absolute atomic E-state index is 10.3. The zero-order valence-electron chi connectivity index (χ0n) is 16.5. The van der Waals surface area contributed by atoms with Crippen LogP contribution in [0.2, 0.25) is 0 Å². The minimum Gasteiger partial charge on any atom is -0.508 e. The predicted molar refractivity (Wildman–Crippen MR) is 118 cm³/mol. The first kappa shape index (κ1) is 19.0. The fraction of sp³-hybridized carbons (Fsp3) is 0.154. The molecule has 0 saturated heterocycles. The van der Waals surface area contributed by atoms with E-state index in [-0.39, 0.29) is 5.76 Å². The minimum atomic E-state index is -1.02. The van der Waals surface area contributed by atoms with Crippen LogP contribution in [0.15, 0.2) is 96.9 Å². The topological polar surface area (TPSA) is 43.7 Å². The van der Waals surface area contributed by atoms with Crippen molar-refractivity contribution in [2.24, 2.45) is 0 Å². The number of aliphatic hydroxyl groups is 2. The van der Waals surface area contributed by atoms with Gasteiger partial charge in [-0.2, -0.15) is 0 Å². The Hall–Kier alpha value is -3.30. The lowest BCUT2D eigenvalue weighted by atomic mass is 9.86. The van der Waals surface area contributed by atoms with E-state index in [2.05, 4.69) is 67.6 Å². The Balaban J connectivity index is 1.84. The summed E-state index contributed by atoms with van der Waals surface area (Å²) in [7, 11) is 0. The van der Waals surface area contributed by atoms with Crippen LogP contribution in [0.4, 0.5) is 0 Å². The highest BCUT2D eigenvalue weighted by atomic mass is 16.3. The zero-order chi connectivity index (χ0) is 20.2. The highest BCUT2D eigenvalue weighted by molar-refractivity contribution is 5.86. The average Bonchev–Trinajstić information content (AvgIpc) is 2.77. The number of allylic oxidation sites excluding steroid dienone is 2. The van der Waals surface area contributed by atoms with Gasteiger partial charge in [-0.25, -0.2) is 0 Å². The molecular formula is C26H25NO2. The van der Waals surface area contributed by atoms with Gasteiger partial charge < -0.3 is 15.1 Å². The molecule has 2 N–H and O–H groups in total. The summed E-state index contributed by atoms with van der Waals surface area (Å²) in [6.07, 6.45) is 4.95. The standard InChI is InChI=1S/C26H25NO2/c1-2-22-21(18-27-17-9-14-24(28)26(27)29)15-16-23(19-10-5-3-6-11-19)25(22)20-12-7-4-8-13-20/h3-17,26,28-29H,2,18H2,1H3. The summed E-state index contributed by atoms with van der Waals surface area (Å²) in [5.74, 6) is -0.0327. The molecule has 0 fully saturated rings. The summed E-state index contributed by atoms with van der Waals surface area (Å²) in [4.78, 5) is 1.75. The number of hydrogen-bond acceptors (Lipinski definition) is 3. The number of benzene rings is 3. The van der Waals surface area contributed by atoms with E-state index in [1.165, 1.54) is 33.9 Å². The summed E-state index contributed by atoms with van der Waals surface area (Å²) in [5, 5.41) is 20.2. The van der Waals surface area contributed by atoms with Gasteiger partial charge in [-0.05, 0) is 52.0 Å². The van der Waals surface area contributed by atoms with Crippen LogP contribution in [0.3, 0.4) is 0 Å². The second kappa shape index (κ2) is 8.38. The number of hydrogen-bond donors (Lipinski definition) is 2. The van der Waals surface area contributed by atoms with E-state index in [1.54, 1.807) is 11.0 Å². The number of rotatable bonds is 5. The average molecular weight is 383 g/mol. The van der Waals surface area contributed by atoms with E-state index in [9.17, 15) is 10.2 Å². The molecule has 1 aliphatic heterocycles. The van der Waals surface area contributed by atoms with Crippen molar-refractivity contribution in [2.75, 3.05) is 0 Å². The minimum absolute atomic E-state index is 0.0327. The van der Waals surface area contributed by atoms with Crippen LogP contribution >= 0.6 is 0 Å². The van der Waals surface area contributed by atoms with Crippen molar-refractivity contribution in [2.45, 2.75) is 26.1 Å². The van der Waals surface area contributed by atoms with Gasteiger partial charge in [0.05, 0.1) is 0 Å². The van der Waals surface area contributed by atoms with Gasteiger partial charge >= 0.3 is 0 Å². The van der Waals surface area contributed by atoms with Gasteiger partial charge in [0.15, 0.2) is 6.23 Å². The van der Waals surface area contributed by atoms with E-state index >= 15 is 0 Å². The lowest BCUT2D eigenvalue weighted by molar-refractivity contribution is 0.0266. The van der Waals surface area contributed by atoms with Crippen LogP contribution in [0.25, 0.3) is 22.3 Å². The highest BCUT2D eigenvalue weighted by Gasteiger charge is 2.22. The quantitative estimate of drug-likeness (QED) is 0.596. The summed E-state index contributed by atoms with van der Waals surface area (Å²) in [6.45, 7) is 2.69. The van der Waals surface area contributed by atoms with Crippen molar-refractivity contribution in [3.05, 3.63) is 108 Å². The van der Waals surface area contributed by atoms with E-state index in [0.29, 0.717) is 6.54 Å². The van der Waals surface area contributed by atoms with Crippen molar-refractivity contribution in [1.82, 2.24) is 4.90 Å². The number of aliphatic hydroxyl groups excluding tert-OH is 2. The molecule has 0 radical (unpaired) electrons. The molecule has 0 saturated carbocycles. The van der Waals surface area contributed by atoms with Gasteiger partial charge in [0.25, 0.3) is 0 Å². The molecule has 29 heavy (non-hydrogen) atoms. The predicted octanol–water partition coefficient (Wildman–Crippen LogP) is 5.67. The molecule has 146 valence electrons. The van der Waals surface area contributed by atoms with Crippen LogP contribution in [0.1, 0.15) is 18.1 Å².